The van der Waals surface area contributed by atoms with Gasteiger partial charge < -0.3 is 19.1 Å². The highest BCUT2D eigenvalue weighted by Crippen LogP contribution is 2.31. The predicted octanol–water partition coefficient (Wildman–Crippen LogP) is 5.85. The zero-order valence-corrected chi connectivity index (χ0v) is 15.2. The van der Waals surface area contributed by atoms with Crippen molar-refractivity contribution in [1.29, 1.82) is 0 Å². The highest BCUT2D eigenvalue weighted by atomic mass is 32.1. The van der Waals surface area contributed by atoms with Gasteiger partial charge in [-0.25, -0.2) is 0 Å². The van der Waals surface area contributed by atoms with Crippen LogP contribution < -0.4 is 5.32 Å². The van der Waals surface area contributed by atoms with Crippen LogP contribution in [0.1, 0.15) is 30.0 Å². The number of alkyl halides is 3. The summed E-state index contributed by atoms with van der Waals surface area (Å²) in [7, 11) is 0. The number of anilines is 1. The van der Waals surface area contributed by atoms with Crippen molar-refractivity contribution in [1.82, 2.24) is 4.90 Å². The Bertz CT molecular complexity index is 877. The topological polar surface area (TPSA) is 41.6 Å². The monoisotopic (exact) mass is 394 g/mol. The molecule has 0 aliphatic rings. The lowest BCUT2D eigenvalue weighted by Crippen LogP contribution is -2.36. The number of hydrogen-bond donors (Lipinski definition) is 1. The van der Waals surface area contributed by atoms with Crippen LogP contribution in [0.2, 0.25) is 0 Å². The molecular formula is C19H17F3N2O2S. The summed E-state index contributed by atoms with van der Waals surface area (Å²) in [5.74, 6) is 1.34. The Morgan fingerprint density at radius 1 is 1.11 bits per heavy atom. The van der Waals surface area contributed by atoms with Gasteiger partial charge in [-0.1, -0.05) is 6.07 Å². The highest BCUT2D eigenvalue weighted by molar-refractivity contribution is 7.80. The van der Waals surface area contributed by atoms with E-state index in [1.165, 1.54) is 12.1 Å². The fourth-order valence-electron chi connectivity index (χ4n) is 2.61. The van der Waals surface area contributed by atoms with Gasteiger partial charge in [0.25, 0.3) is 0 Å². The van der Waals surface area contributed by atoms with Gasteiger partial charge >= 0.3 is 6.18 Å². The lowest BCUT2D eigenvalue weighted by molar-refractivity contribution is -0.137. The first-order valence-corrected chi connectivity index (χ1v) is 8.56. The molecule has 2 aromatic heterocycles. The molecule has 1 N–H and O–H groups in total. The first-order valence-electron chi connectivity index (χ1n) is 8.15. The molecule has 0 saturated heterocycles. The molecule has 0 spiro atoms. The van der Waals surface area contributed by atoms with Gasteiger partial charge in [0.05, 0.1) is 30.7 Å². The van der Waals surface area contributed by atoms with Crippen molar-refractivity contribution >= 4 is 23.0 Å². The van der Waals surface area contributed by atoms with Crippen molar-refractivity contribution in [2.45, 2.75) is 25.7 Å². The van der Waals surface area contributed by atoms with Gasteiger partial charge in [-0.3, -0.25) is 0 Å². The number of nitrogens with zero attached hydrogens (tertiary/aromatic N) is 1. The Kier molecular flexibility index (Phi) is 5.55. The minimum absolute atomic E-state index is 0.254. The van der Waals surface area contributed by atoms with Gasteiger partial charge in [0.2, 0.25) is 0 Å². The highest BCUT2D eigenvalue weighted by Gasteiger charge is 2.30. The van der Waals surface area contributed by atoms with Crippen LogP contribution in [0, 0.1) is 0 Å². The molecule has 8 heteroatoms. The number of rotatable bonds is 5. The molecular weight excluding hydrogens is 377 g/mol. The summed E-state index contributed by atoms with van der Waals surface area (Å²) in [6.45, 7) is 2.22. The maximum atomic E-state index is 12.9. The zero-order valence-electron chi connectivity index (χ0n) is 14.4. The molecule has 2 heterocycles. The van der Waals surface area contributed by atoms with Crippen LogP contribution in [0.15, 0.2) is 69.9 Å². The third-order valence-corrected chi connectivity index (χ3v) is 4.37. The molecule has 0 fully saturated rings. The van der Waals surface area contributed by atoms with Crippen molar-refractivity contribution in [2.24, 2.45) is 0 Å². The molecule has 142 valence electrons. The first-order chi connectivity index (χ1) is 12.8. The van der Waals surface area contributed by atoms with Crippen molar-refractivity contribution in [3.8, 4) is 0 Å². The van der Waals surface area contributed by atoms with E-state index in [1.807, 2.05) is 13.0 Å². The number of halogens is 3. The molecule has 0 aliphatic heterocycles. The largest absolute Gasteiger partial charge is 0.467 e. The van der Waals surface area contributed by atoms with Crippen LogP contribution in [0.5, 0.6) is 0 Å². The first kappa shape index (κ1) is 19.0. The maximum absolute atomic E-state index is 12.9. The van der Waals surface area contributed by atoms with E-state index in [-0.39, 0.29) is 16.8 Å². The van der Waals surface area contributed by atoms with Crippen LogP contribution >= 0.6 is 12.2 Å². The molecule has 3 aromatic rings. The maximum Gasteiger partial charge on any atom is 0.416 e. The quantitative estimate of drug-likeness (QED) is 0.550. The Labute approximate surface area is 159 Å². The SMILES string of the molecule is C[C@H](c1ccco1)N(Cc1ccco1)C(=S)Nc1cccc(C(F)(F)F)c1. The van der Waals surface area contributed by atoms with Gasteiger partial charge in [0.1, 0.15) is 11.5 Å². The van der Waals surface area contributed by atoms with Crippen LogP contribution in [-0.4, -0.2) is 10.0 Å². The lowest BCUT2D eigenvalue weighted by atomic mass is 10.2. The molecule has 0 saturated carbocycles. The predicted molar refractivity (Wildman–Crippen MR) is 99.0 cm³/mol. The van der Waals surface area contributed by atoms with Crippen molar-refractivity contribution in [3.05, 3.63) is 78.1 Å². The van der Waals surface area contributed by atoms with Crippen molar-refractivity contribution in [3.63, 3.8) is 0 Å². The van der Waals surface area contributed by atoms with Gasteiger partial charge in [0, 0.05) is 5.69 Å². The van der Waals surface area contributed by atoms with Gasteiger partial charge in [-0.05, 0) is 61.6 Å². The van der Waals surface area contributed by atoms with Crippen LogP contribution in [0.3, 0.4) is 0 Å². The summed E-state index contributed by atoms with van der Waals surface area (Å²) in [6.07, 6.45) is -1.32. The molecule has 0 unspecified atom stereocenters. The summed E-state index contributed by atoms with van der Waals surface area (Å²) in [6, 6.07) is 11.8. The average molecular weight is 394 g/mol. The van der Waals surface area contributed by atoms with E-state index < -0.39 is 11.7 Å². The third-order valence-electron chi connectivity index (χ3n) is 4.03. The summed E-state index contributed by atoms with van der Waals surface area (Å²) in [5.41, 5.74) is -0.488. The van der Waals surface area contributed by atoms with E-state index in [0.717, 1.165) is 12.1 Å². The average Bonchev–Trinajstić information content (AvgIpc) is 3.32. The normalized spacial score (nSPS) is 12.6. The van der Waals surface area contributed by atoms with E-state index >= 15 is 0 Å². The molecule has 27 heavy (non-hydrogen) atoms. The second kappa shape index (κ2) is 7.87. The van der Waals surface area contributed by atoms with E-state index in [2.05, 4.69) is 5.32 Å². The minimum Gasteiger partial charge on any atom is -0.467 e. The standard InChI is InChI=1S/C19H17F3N2O2S/c1-13(17-8-4-10-26-17)24(12-16-7-3-9-25-16)18(27)23-15-6-2-5-14(11-15)19(20,21)22/h2-11,13H,12H2,1H3,(H,23,27)/t13-/m1/s1. The number of furan rings is 2. The number of hydrogen-bond acceptors (Lipinski definition) is 3. The molecule has 3 rings (SSSR count). The zero-order chi connectivity index (χ0) is 19.4. The van der Waals surface area contributed by atoms with Crippen LogP contribution in [0.4, 0.5) is 18.9 Å². The second-order valence-electron chi connectivity index (χ2n) is 5.91. The van der Waals surface area contributed by atoms with E-state index in [1.54, 1.807) is 35.6 Å². The number of thiocarbonyl (C=S) groups is 1. The van der Waals surface area contributed by atoms with E-state index in [9.17, 15) is 13.2 Å². The van der Waals surface area contributed by atoms with Crippen LogP contribution in [0.25, 0.3) is 0 Å². The Morgan fingerprint density at radius 3 is 2.48 bits per heavy atom. The van der Waals surface area contributed by atoms with Gasteiger partial charge in [-0.2, -0.15) is 13.2 Å². The number of benzene rings is 1. The summed E-state index contributed by atoms with van der Waals surface area (Å²) < 4.78 is 49.6. The smallest absolute Gasteiger partial charge is 0.416 e. The Balaban J connectivity index is 1.82. The lowest BCUT2D eigenvalue weighted by Gasteiger charge is -2.30. The van der Waals surface area contributed by atoms with E-state index in [4.69, 9.17) is 21.1 Å². The molecule has 1 atom stereocenters. The molecule has 0 bridgehead atoms. The van der Waals surface area contributed by atoms with Crippen molar-refractivity contribution < 1.29 is 22.0 Å². The summed E-state index contributed by atoms with van der Waals surface area (Å²) >= 11 is 5.47. The molecule has 0 amide bonds. The van der Waals surface area contributed by atoms with Crippen molar-refractivity contribution in [2.75, 3.05) is 5.32 Å². The Morgan fingerprint density at radius 2 is 1.85 bits per heavy atom. The fourth-order valence-corrected chi connectivity index (χ4v) is 2.95. The summed E-state index contributed by atoms with van der Waals surface area (Å²) in [5, 5.41) is 3.14. The van der Waals surface area contributed by atoms with Gasteiger partial charge in [0.15, 0.2) is 5.11 Å². The third kappa shape index (κ3) is 4.71. The number of nitrogens with one attached hydrogen (secondary N) is 1. The molecule has 0 aliphatic carbocycles. The van der Waals surface area contributed by atoms with Gasteiger partial charge in [-0.15, -0.1) is 0 Å². The molecule has 0 radical (unpaired) electrons. The Hall–Kier alpha value is -2.74. The minimum atomic E-state index is -4.42. The second-order valence-corrected chi connectivity index (χ2v) is 6.29. The van der Waals surface area contributed by atoms with E-state index in [0.29, 0.717) is 18.1 Å². The molecule has 1 aromatic carbocycles. The van der Waals surface area contributed by atoms with Crippen LogP contribution in [-0.2, 0) is 12.7 Å². The summed E-state index contributed by atoms with van der Waals surface area (Å²) in [4.78, 5) is 1.78. The fraction of sp³-hybridized carbons (Fsp3) is 0.211. The molecule has 4 nitrogen and oxygen atoms in total.